The molecule has 10 nitrogen and oxygen atoms in total. The maximum Gasteiger partial charge on any atom is 0.344 e. The summed E-state index contributed by atoms with van der Waals surface area (Å²) in [5.74, 6) is -2.54. The van der Waals surface area contributed by atoms with E-state index in [1.165, 1.54) is 18.4 Å². The van der Waals surface area contributed by atoms with E-state index in [9.17, 15) is 14.4 Å². The molecule has 1 fully saturated rings. The van der Waals surface area contributed by atoms with Crippen LogP contribution in [0, 0.1) is 6.92 Å². The van der Waals surface area contributed by atoms with Gasteiger partial charge in [0.05, 0.1) is 6.61 Å². The Hall–Kier alpha value is -2.69. The lowest BCUT2D eigenvalue weighted by molar-refractivity contribution is -0.165. The van der Waals surface area contributed by atoms with Gasteiger partial charge >= 0.3 is 17.9 Å². The van der Waals surface area contributed by atoms with Crippen LogP contribution in [0.25, 0.3) is 0 Å². The maximum atomic E-state index is 11.4. The van der Waals surface area contributed by atoms with E-state index in [-0.39, 0.29) is 12.6 Å². The summed E-state index contributed by atoms with van der Waals surface area (Å²) in [5.41, 5.74) is 2.32. The number of aliphatic carboxylic acids is 2. The molecule has 0 bridgehead atoms. The number of esters is 1. The van der Waals surface area contributed by atoms with E-state index in [4.69, 9.17) is 29.9 Å². The predicted octanol–water partition coefficient (Wildman–Crippen LogP) is 0.281. The van der Waals surface area contributed by atoms with Crippen molar-refractivity contribution in [1.82, 2.24) is 5.32 Å². The molecule has 1 aromatic carbocycles. The SMILES string of the molecule is CCOC(=O)COc1cc(C2CCCNC2)ccc1C.O=C(O)[C@@H](O)[C@H](O)C(=O)O. The zero-order valence-corrected chi connectivity index (χ0v) is 17.0. The minimum Gasteiger partial charge on any atom is -0.482 e. The van der Waals surface area contributed by atoms with Crippen molar-refractivity contribution in [1.29, 1.82) is 0 Å². The number of carboxylic acid groups (broad SMARTS) is 2. The molecule has 0 aromatic heterocycles. The Morgan fingerprint density at radius 2 is 1.80 bits per heavy atom. The Kier molecular flexibility index (Phi) is 10.8. The number of carboxylic acids is 2. The summed E-state index contributed by atoms with van der Waals surface area (Å²) in [4.78, 5) is 30.9. The van der Waals surface area contributed by atoms with E-state index in [2.05, 4.69) is 23.5 Å². The van der Waals surface area contributed by atoms with Gasteiger partial charge < -0.3 is 35.2 Å². The third kappa shape index (κ3) is 8.36. The number of nitrogens with one attached hydrogen (secondary N) is 1. The molecular weight excluding hydrogens is 398 g/mol. The largest absolute Gasteiger partial charge is 0.482 e. The molecule has 1 aromatic rings. The fourth-order valence-corrected chi connectivity index (χ4v) is 2.77. The molecule has 0 radical (unpaired) electrons. The van der Waals surface area contributed by atoms with Crippen LogP contribution in [0.3, 0.4) is 0 Å². The highest BCUT2D eigenvalue weighted by molar-refractivity contribution is 5.83. The lowest BCUT2D eigenvalue weighted by Crippen LogP contribution is -2.39. The number of aliphatic hydroxyl groups is 2. The quantitative estimate of drug-likeness (QED) is 0.364. The molecule has 10 heteroatoms. The number of carbonyl (C=O) groups is 3. The second kappa shape index (κ2) is 12.8. The maximum absolute atomic E-state index is 11.4. The standard InChI is InChI=1S/C16H23NO3.C4H6O6/c1-3-19-16(18)11-20-15-9-13(7-6-12(15)2)14-5-4-8-17-10-14;5-1(3(7)8)2(6)4(9)10/h6-7,9,14,17H,3-5,8,10-11H2,1-2H3;1-2,5-6H,(H,7,8)(H,9,10)/t;1-,2-/m.0/s1. The number of carbonyl (C=O) groups excluding carboxylic acids is 1. The molecule has 1 heterocycles. The number of piperidine rings is 1. The molecule has 5 N–H and O–H groups in total. The third-order valence-corrected chi connectivity index (χ3v) is 4.44. The molecule has 1 saturated heterocycles. The van der Waals surface area contributed by atoms with Crippen molar-refractivity contribution in [3.63, 3.8) is 0 Å². The molecule has 0 saturated carbocycles. The number of aliphatic hydroxyl groups excluding tert-OH is 2. The van der Waals surface area contributed by atoms with Crippen LogP contribution in [0.1, 0.15) is 36.8 Å². The number of rotatable bonds is 8. The van der Waals surface area contributed by atoms with Gasteiger partial charge in [-0.1, -0.05) is 12.1 Å². The van der Waals surface area contributed by atoms with Gasteiger partial charge in [0.25, 0.3) is 0 Å². The number of benzene rings is 1. The van der Waals surface area contributed by atoms with Crippen LogP contribution in [0.5, 0.6) is 5.75 Å². The van der Waals surface area contributed by atoms with Gasteiger partial charge in [0.15, 0.2) is 18.8 Å². The summed E-state index contributed by atoms with van der Waals surface area (Å²) in [6.07, 6.45) is -2.12. The molecule has 168 valence electrons. The average molecular weight is 427 g/mol. The lowest BCUT2D eigenvalue weighted by Gasteiger charge is -2.23. The van der Waals surface area contributed by atoms with Gasteiger partial charge in [-0.15, -0.1) is 0 Å². The van der Waals surface area contributed by atoms with Gasteiger partial charge in [-0.25, -0.2) is 14.4 Å². The van der Waals surface area contributed by atoms with Crippen molar-refractivity contribution in [2.45, 2.75) is 44.8 Å². The van der Waals surface area contributed by atoms with Crippen molar-refractivity contribution >= 4 is 17.9 Å². The van der Waals surface area contributed by atoms with E-state index in [1.54, 1.807) is 6.92 Å². The number of hydrogen-bond donors (Lipinski definition) is 5. The number of ether oxygens (including phenoxy) is 2. The van der Waals surface area contributed by atoms with Gasteiger partial charge in [-0.3, -0.25) is 0 Å². The van der Waals surface area contributed by atoms with E-state index in [0.29, 0.717) is 12.5 Å². The van der Waals surface area contributed by atoms with E-state index in [1.807, 2.05) is 6.92 Å². The van der Waals surface area contributed by atoms with Crippen LogP contribution in [-0.4, -0.2) is 76.8 Å². The fourth-order valence-electron chi connectivity index (χ4n) is 2.77. The van der Waals surface area contributed by atoms with Crippen LogP contribution in [0.15, 0.2) is 18.2 Å². The molecule has 1 unspecified atom stereocenters. The van der Waals surface area contributed by atoms with Crippen LogP contribution < -0.4 is 10.1 Å². The second-order valence-electron chi connectivity index (χ2n) is 6.73. The Bertz CT molecular complexity index is 698. The van der Waals surface area contributed by atoms with Gasteiger partial charge in [0.1, 0.15) is 5.75 Å². The van der Waals surface area contributed by atoms with Crippen LogP contribution in [-0.2, 0) is 19.1 Å². The Balaban J connectivity index is 0.000000382. The monoisotopic (exact) mass is 427 g/mol. The van der Waals surface area contributed by atoms with Gasteiger partial charge in [-0.2, -0.15) is 0 Å². The van der Waals surface area contributed by atoms with Crippen LogP contribution in [0.4, 0.5) is 0 Å². The van der Waals surface area contributed by atoms with Gasteiger partial charge in [0.2, 0.25) is 0 Å². The summed E-state index contributed by atoms with van der Waals surface area (Å²) in [6.45, 7) is 6.26. The van der Waals surface area contributed by atoms with E-state index >= 15 is 0 Å². The third-order valence-electron chi connectivity index (χ3n) is 4.44. The molecular formula is C20H29NO9. The highest BCUT2D eigenvalue weighted by atomic mass is 16.6. The first kappa shape index (κ1) is 25.3. The number of aryl methyl sites for hydroxylation is 1. The molecule has 3 atom stereocenters. The Morgan fingerprint density at radius 3 is 2.30 bits per heavy atom. The van der Waals surface area contributed by atoms with Crippen LogP contribution >= 0.6 is 0 Å². The van der Waals surface area contributed by atoms with Crippen molar-refractivity contribution in [2.75, 3.05) is 26.3 Å². The van der Waals surface area contributed by atoms with Gasteiger partial charge in [0, 0.05) is 6.54 Å². The highest BCUT2D eigenvalue weighted by Crippen LogP contribution is 2.28. The molecule has 1 aliphatic rings. The molecule has 2 rings (SSSR count). The molecule has 1 aliphatic heterocycles. The smallest absolute Gasteiger partial charge is 0.344 e. The minimum absolute atomic E-state index is 0.0267. The van der Waals surface area contributed by atoms with Gasteiger partial charge in [-0.05, 0) is 56.3 Å². The first-order chi connectivity index (χ1) is 14.2. The topological polar surface area (TPSA) is 163 Å². The lowest BCUT2D eigenvalue weighted by atomic mass is 9.91. The minimum atomic E-state index is -2.27. The van der Waals surface area contributed by atoms with Crippen molar-refractivity contribution in [3.05, 3.63) is 29.3 Å². The predicted molar refractivity (Wildman–Crippen MR) is 105 cm³/mol. The second-order valence-corrected chi connectivity index (χ2v) is 6.73. The van der Waals surface area contributed by atoms with Crippen molar-refractivity contribution in [2.24, 2.45) is 0 Å². The number of hydrogen-bond acceptors (Lipinski definition) is 8. The summed E-state index contributed by atoms with van der Waals surface area (Å²) >= 11 is 0. The summed E-state index contributed by atoms with van der Waals surface area (Å²) in [7, 11) is 0. The summed E-state index contributed by atoms with van der Waals surface area (Å²) in [6, 6.07) is 6.28. The molecule has 0 aliphatic carbocycles. The molecule has 0 amide bonds. The normalized spacial score (nSPS) is 17.7. The highest BCUT2D eigenvalue weighted by Gasteiger charge is 2.29. The first-order valence-corrected chi connectivity index (χ1v) is 9.58. The van der Waals surface area contributed by atoms with Crippen LogP contribution in [0.2, 0.25) is 0 Å². The van der Waals surface area contributed by atoms with Crippen molar-refractivity contribution < 1.29 is 44.3 Å². The van der Waals surface area contributed by atoms with E-state index < -0.39 is 24.1 Å². The fraction of sp³-hybridized carbons (Fsp3) is 0.550. The Labute approximate surface area is 174 Å². The first-order valence-electron chi connectivity index (χ1n) is 9.58. The van der Waals surface area contributed by atoms with Crippen molar-refractivity contribution in [3.8, 4) is 5.75 Å². The zero-order valence-electron chi connectivity index (χ0n) is 17.0. The average Bonchev–Trinajstić information content (AvgIpc) is 2.73. The summed E-state index contributed by atoms with van der Waals surface area (Å²) < 4.78 is 10.5. The van der Waals surface area contributed by atoms with E-state index in [0.717, 1.165) is 24.4 Å². The summed E-state index contributed by atoms with van der Waals surface area (Å²) in [5, 5.41) is 35.9. The zero-order chi connectivity index (χ0) is 22.7. The Morgan fingerprint density at radius 1 is 1.17 bits per heavy atom. The molecule has 30 heavy (non-hydrogen) atoms. The molecule has 0 spiro atoms.